The molecule has 1 aliphatic carbocycles. The van der Waals surface area contributed by atoms with Crippen LogP contribution in [0.5, 0.6) is 5.75 Å². The van der Waals surface area contributed by atoms with Crippen molar-refractivity contribution in [2.24, 2.45) is 5.41 Å². The van der Waals surface area contributed by atoms with Crippen molar-refractivity contribution in [2.75, 3.05) is 31.1 Å². The first kappa shape index (κ1) is 20.2. The molecule has 0 bridgehead atoms. The minimum absolute atomic E-state index is 0.0159. The van der Waals surface area contributed by atoms with E-state index in [1.807, 2.05) is 35.2 Å². The van der Waals surface area contributed by atoms with E-state index in [1.165, 1.54) is 11.6 Å². The number of carbonyl (C=O) groups is 1. The number of aromatic nitrogens is 2. The van der Waals surface area contributed by atoms with E-state index >= 15 is 0 Å². The van der Waals surface area contributed by atoms with Crippen molar-refractivity contribution in [2.45, 2.75) is 32.1 Å². The Kier molecular flexibility index (Phi) is 4.64. The van der Waals surface area contributed by atoms with E-state index in [9.17, 15) is 9.90 Å². The Morgan fingerprint density at radius 3 is 2.76 bits per heavy atom. The number of amides is 1. The summed E-state index contributed by atoms with van der Waals surface area (Å²) >= 11 is 0. The standard InChI is InChI=1S/C27H28N4O2/c1-2-24(33)31-16-27(17-31)11-12-30(15-27)26-28-23-10-6-5-9-21(23)25(29-26)22-14-19(32)13-18-7-3-4-8-20(18)22/h2-4,7-8,13-14,32H,1,5-6,9-12,15-17H2. The molecule has 1 amide bonds. The number of hydrogen-bond donors (Lipinski definition) is 1. The van der Waals surface area contributed by atoms with Crippen LogP contribution in [0.4, 0.5) is 5.95 Å². The predicted octanol–water partition coefficient (Wildman–Crippen LogP) is 4.11. The summed E-state index contributed by atoms with van der Waals surface area (Å²) in [5, 5.41) is 12.6. The number of benzene rings is 2. The summed E-state index contributed by atoms with van der Waals surface area (Å²) in [5.41, 5.74) is 4.44. The molecule has 168 valence electrons. The maximum Gasteiger partial charge on any atom is 0.245 e. The number of rotatable bonds is 3. The number of aromatic hydroxyl groups is 1. The van der Waals surface area contributed by atoms with Crippen molar-refractivity contribution in [1.82, 2.24) is 14.9 Å². The first-order chi connectivity index (χ1) is 16.0. The number of carbonyl (C=O) groups excluding carboxylic acids is 1. The van der Waals surface area contributed by atoms with E-state index in [-0.39, 0.29) is 17.1 Å². The third kappa shape index (κ3) is 3.36. The van der Waals surface area contributed by atoms with Crippen LogP contribution >= 0.6 is 0 Å². The summed E-state index contributed by atoms with van der Waals surface area (Å²) < 4.78 is 0. The Bertz CT molecular complexity index is 1280. The van der Waals surface area contributed by atoms with Gasteiger partial charge in [-0.05, 0) is 61.1 Å². The predicted molar refractivity (Wildman–Crippen MR) is 129 cm³/mol. The van der Waals surface area contributed by atoms with E-state index in [0.717, 1.165) is 92.0 Å². The van der Waals surface area contributed by atoms with E-state index in [2.05, 4.69) is 17.5 Å². The van der Waals surface area contributed by atoms with Crippen LogP contribution in [0, 0.1) is 5.41 Å². The van der Waals surface area contributed by atoms with Crippen LogP contribution in [0.3, 0.4) is 0 Å². The summed E-state index contributed by atoms with van der Waals surface area (Å²) in [6.07, 6.45) is 6.66. The number of nitrogens with zero attached hydrogens (tertiary/aromatic N) is 4. The average Bonchev–Trinajstić information content (AvgIpc) is 3.27. The zero-order chi connectivity index (χ0) is 22.6. The molecular formula is C27H28N4O2. The average molecular weight is 441 g/mol. The van der Waals surface area contributed by atoms with Gasteiger partial charge in [-0.25, -0.2) is 9.97 Å². The summed E-state index contributed by atoms with van der Waals surface area (Å²) in [5.74, 6) is 1.06. The summed E-state index contributed by atoms with van der Waals surface area (Å²) in [4.78, 5) is 26.3. The van der Waals surface area contributed by atoms with E-state index in [0.29, 0.717) is 0 Å². The molecule has 6 heteroatoms. The van der Waals surface area contributed by atoms with Gasteiger partial charge >= 0.3 is 0 Å². The molecule has 3 aromatic rings. The molecular weight excluding hydrogens is 412 g/mol. The SMILES string of the molecule is C=CC(=O)N1CC2(CCN(c3nc4c(c(-c5cc(O)cc6ccccc56)n3)CCCC4)C2)C1. The highest BCUT2D eigenvalue weighted by molar-refractivity contribution is 5.98. The molecule has 33 heavy (non-hydrogen) atoms. The molecule has 1 N–H and O–H groups in total. The third-order valence-electron chi connectivity index (χ3n) is 7.53. The molecule has 6 rings (SSSR count). The molecule has 0 atom stereocenters. The van der Waals surface area contributed by atoms with E-state index in [1.54, 1.807) is 0 Å². The van der Waals surface area contributed by atoms with Gasteiger partial charge in [-0.3, -0.25) is 4.79 Å². The van der Waals surface area contributed by atoms with Gasteiger partial charge in [0, 0.05) is 48.4 Å². The number of anilines is 1. The summed E-state index contributed by atoms with van der Waals surface area (Å²) in [6, 6.07) is 11.8. The number of hydrogen-bond acceptors (Lipinski definition) is 5. The van der Waals surface area contributed by atoms with Gasteiger partial charge in [0.05, 0.1) is 5.69 Å². The van der Waals surface area contributed by atoms with Crippen molar-refractivity contribution < 1.29 is 9.90 Å². The van der Waals surface area contributed by atoms with Crippen molar-refractivity contribution in [1.29, 1.82) is 0 Å². The van der Waals surface area contributed by atoms with Gasteiger partial charge in [0.2, 0.25) is 11.9 Å². The van der Waals surface area contributed by atoms with Gasteiger partial charge < -0.3 is 14.9 Å². The first-order valence-corrected chi connectivity index (χ1v) is 11.8. The molecule has 2 saturated heterocycles. The van der Waals surface area contributed by atoms with Crippen molar-refractivity contribution in [3.8, 4) is 17.0 Å². The summed E-state index contributed by atoms with van der Waals surface area (Å²) in [6.45, 7) is 6.94. The molecule has 0 saturated carbocycles. The first-order valence-electron chi connectivity index (χ1n) is 11.8. The van der Waals surface area contributed by atoms with Crippen molar-refractivity contribution in [3.63, 3.8) is 0 Å². The number of phenols is 1. The Labute approximate surface area is 193 Å². The lowest BCUT2D eigenvalue weighted by Crippen LogP contribution is -2.59. The highest BCUT2D eigenvalue weighted by Gasteiger charge is 2.49. The maximum atomic E-state index is 11.9. The van der Waals surface area contributed by atoms with Gasteiger partial charge in [0.1, 0.15) is 5.75 Å². The zero-order valence-electron chi connectivity index (χ0n) is 18.8. The molecule has 2 aromatic carbocycles. The van der Waals surface area contributed by atoms with Gasteiger partial charge in [-0.2, -0.15) is 0 Å². The molecule has 1 spiro atoms. The zero-order valence-corrected chi connectivity index (χ0v) is 18.8. The van der Waals surface area contributed by atoms with Crippen LogP contribution in [0.1, 0.15) is 30.5 Å². The Hall–Kier alpha value is -3.41. The highest BCUT2D eigenvalue weighted by Crippen LogP contribution is 2.42. The lowest BCUT2D eigenvalue weighted by atomic mass is 9.79. The van der Waals surface area contributed by atoms with E-state index < -0.39 is 0 Å². The Morgan fingerprint density at radius 1 is 1.09 bits per heavy atom. The van der Waals surface area contributed by atoms with E-state index in [4.69, 9.17) is 9.97 Å². The number of fused-ring (bicyclic) bond motifs is 2. The van der Waals surface area contributed by atoms with Crippen LogP contribution in [0.25, 0.3) is 22.0 Å². The molecule has 0 radical (unpaired) electrons. The molecule has 3 aliphatic rings. The smallest absolute Gasteiger partial charge is 0.245 e. The lowest BCUT2D eigenvalue weighted by Gasteiger charge is -2.47. The summed E-state index contributed by atoms with van der Waals surface area (Å²) in [7, 11) is 0. The third-order valence-corrected chi connectivity index (χ3v) is 7.53. The highest BCUT2D eigenvalue weighted by atomic mass is 16.3. The number of phenolic OH excluding ortho intramolecular Hbond substituents is 1. The second kappa shape index (κ2) is 7.58. The quantitative estimate of drug-likeness (QED) is 0.621. The van der Waals surface area contributed by atoms with Crippen LogP contribution in [-0.2, 0) is 17.6 Å². The van der Waals surface area contributed by atoms with Crippen LogP contribution in [-0.4, -0.2) is 52.1 Å². The van der Waals surface area contributed by atoms with Crippen molar-refractivity contribution in [3.05, 3.63) is 60.3 Å². The minimum Gasteiger partial charge on any atom is -0.508 e. The van der Waals surface area contributed by atoms with Gasteiger partial charge in [-0.15, -0.1) is 0 Å². The minimum atomic E-state index is 0.0159. The normalized spacial score (nSPS) is 18.9. The van der Waals surface area contributed by atoms with Gasteiger partial charge in [0.25, 0.3) is 0 Å². The monoisotopic (exact) mass is 440 g/mol. The molecule has 2 fully saturated rings. The number of likely N-dealkylation sites (tertiary alicyclic amines) is 1. The molecule has 2 aliphatic heterocycles. The van der Waals surface area contributed by atoms with Gasteiger partial charge in [0.15, 0.2) is 0 Å². The number of aryl methyl sites for hydroxylation is 1. The maximum absolute atomic E-state index is 11.9. The fourth-order valence-corrected chi connectivity index (χ4v) is 5.85. The molecule has 1 aromatic heterocycles. The molecule has 0 unspecified atom stereocenters. The molecule has 6 nitrogen and oxygen atoms in total. The van der Waals surface area contributed by atoms with Crippen LogP contribution in [0.2, 0.25) is 0 Å². The van der Waals surface area contributed by atoms with Crippen molar-refractivity contribution >= 4 is 22.6 Å². The molecule has 3 heterocycles. The fourth-order valence-electron chi connectivity index (χ4n) is 5.85. The second-order valence-electron chi connectivity index (χ2n) is 9.79. The van der Waals surface area contributed by atoms with Gasteiger partial charge in [-0.1, -0.05) is 30.8 Å². The Balaban J connectivity index is 1.40. The van der Waals surface area contributed by atoms with Crippen LogP contribution < -0.4 is 4.90 Å². The fraction of sp³-hybridized carbons (Fsp3) is 0.370. The second-order valence-corrected chi connectivity index (χ2v) is 9.79. The lowest BCUT2D eigenvalue weighted by molar-refractivity contribution is -0.136. The van der Waals surface area contributed by atoms with Crippen LogP contribution in [0.15, 0.2) is 49.1 Å². The largest absolute Gasteiger partial charge is 0.508 e. The Morgan fingerprint density at radius 2 is 1.91 bits per heavy atom. The topological polar surface area (TPSA) is 69.6 Å².